The number of alkyl halides is 1. The smallest absolute Gasteiger partial charge is 0.387 e. The van der Waals surface area contributed by atoms with Crippen LogP contribution in [0.4, 0.5) is 16.0 Å². The highest BCUT2D eigenvalue weighted by molar-refractivity contribution is 8.44. The molecule has 6 N–H and O–H groups in total. The second kappa shape index (κ2) is 10.9. The Morgan fingerprint density at radius 3 is 2.05 bits per heavy atom. The van der Waals surface area contributed by atoms with E-state index in [2.05, 4.69) is 42.2 Å². The Hall–Kier alpha value is -2.88. The van der Waals surface area contributed by atoms with Gasteiger partial charge in [-0.1, -0.05) is 12.2 Å². The molecule has 3 aliphatic rings. The lowest BCUT2D eigenvalue weighted by Crippen LogP contribution is -2.35. The molecule has 3 saturated heterocycles. The minimum atomic E-state index is -5.06. The van der Waals surface area contributed by atoms with E-state index >= 15 is 4.39 Å². The first-order chi connectivity index (χ1) is 20.9. The molecule has 24 heteroatoms. The standard InChI is InChI=1S/C20H23FN10O10P2S/c21-9-13-8(39-19(9)30-5-28-10-15(22)24-3-26-17(10)30)2-37-43(35,44)41-14-12(32)7(1-36-42(33,34)40-13)38-20(14)31-6-29-11-16(23)25-4-27-18(11)31/h3-9,12-14,19-20,32H,1-2H2,(H,33,34)(H,35,44)(H2,22,24,26)(H2,23,25,27)/t7-,8-,9?,12?,13?,14?,19-,20-,43?/m1/s1. The van der Waals surface area contributed by atoms with Gasteiger partial charge in [-0.2, -0.15) is 0 Å². The van der Waals surface area contributed by atoms with E-state index in [9.17, 15) is 19.1 Å². The van der Waals surface area contributed by atoms with Gasteiger partial charge in [-0.15, -0.1) is 0 Å². The zero-order valence-electron chi connectivity index (χ0n) is 22.0. The van der Waals surface area contributed by atoms with Crippen molar-refractivity contribution < 1.29 is 51.1 Å². The van der Waals surface area contributed by atoms with Crippen molar-refractivity contribution in [3.8, 4) is 0 Å². The summed E-state index contributed by atoms with van der Waals surface area (Å²) in [5.74, 6) is 0.0891. The molecule has 2 bridgehead atoms. The zero-order chi connectivity index (χ0) is 31.0. The highest BCUT2D eigenvalue weighted by atomic mass is 32.7. The molecule has 44 heavy (non-hydrogen) atoms. The summed E-state index contributed by atoms with van der Waals surface area (Å²) in [4.78, 5) is 34.7. The molecule has 0 aliphatic carbocycles. The molecule has 20 nitrogen and oxygen atoms in total. The second-order valence-corrected chi connectivity index (χ2v) is 14.2. The summed E-state index contributed by atoms with van der Waals surface area (Å²) in [7, 11) is -5.06. The van der Waals surface area contributed by atoms with Gasteiger partial charge in [-0.3, -0.25) is 27.2 Å². The van der Waals surface area contributed by atoms with Crippen LogP contribution in [0.1, 0.15) is 12.5 Å². The van der Waals surface area contributed by atoms with Gasteiger partial charge in [0, 0.05) is 0 Å². The number of thiol groups is 1. The topological polar surface area (TPSA) is 269 Å². The van der Waals surface area contributed by atoms with Crippen molar-refractivity contribution in [3.63, 3.8) is 0 Å². The second-order valence-electron chi connectivity index (χ2n) is 9.90. The van der Waals surface area contributed by atoms with Crippen molar-refractivity contribution in [1.82, 2.24) is 39.0 Å². The predicted molar refractivity (Wildman–Crippen MR) is 146 cm³/mol. The summed E-state index contributed by atoms with van der Waals surface area (Å²) in [6.45, 7) is -5.84. The van der Waals surface area contributed by atoms with Gasteiger partial charge in [0.15, 0.2) is 41.6 Å². The van der Waals surface area contributed by atoms with E-state index in [1.165, 1.54) is 28.1 Å². The van der Waals surface area contributed by atoms with Crippen LogP contribution in [0.25, 0.3) is 22.3 Å². The number of nitrogen functional groups attached to an aromatic ring is 2. The number of phosphoric acid groups is 1. The molecule has 4 aromatic rings. The molecule has 0 aromatic carbocycles. The Kier molecular flexibility index (Phi) is 7.37. The number of aromatic nitrogens is 8. The van der Waals surface area contributed by atoms with Crippen LogP contribution in [0.15, 0.2) is 25.3 Å². The fourth-order valence-electron chi connectivity index (χ4n) is 5.19. The third kappa shape index (κ3) is 5.14. The minimum Gasteiger partial charge on any atom is -0.387 e. The van der Waals surface area contributed by atoms with Gasteiger partial charge in [0.2, 0.25) is 0 Å². The highest BCUT2D eigenvalue weighted by Gasteiger charge is 2.54. The number of rotatable bonds is 2. The van der Waals surface area contributed by atoms with Gasteiger partial charge in [-0.25, -0.2) is 43.4 Å². The molecule has 0 saturated carbocycles. The first-order valence-corrected chi connectivity index (χ1v) is 16.9. The molecule has 3 fully saturated rings. The average Bonchev–Trinajstić information content (AvgIpc) is 3.73. The Labute approximate surface area is 250 Å². The summed E-state index contributed by atoms with van der Waals surface area (Å²) < 4.78 is 78.0. The monoisotopic (exact) mass is 676 g/mol. The lowest BCUT2D eigenvalue weighted by Gasteiger charge is -2.26. The number of imidazole rings is 2. The zero-order valence-corrected chi connectivity index (χ0v) is 24.6. The van der Waals surface area contributed by atoms with Crippen molar-refractivity contribution >= 4 is 60.8 Å². The highest BCUT2D eigenvalue weighted by Crippen LogP contribution is 2.58. The third-order valence-corrected chi connectivity index (χ3v) is 9.82. The Morgan fingerprint density at radius 1 is 0.841 bits per heavy atom. The van der Waals surface area contributed by atoms with E-state index in [-0.39, 0.29) is 34.0 Å². The van der Waals surface area contributed by atoms with Crippen LogP contribution in [0, 0.1) is 0 Å². The molecule has 7 rings (SSSR count). The number of nitrogens with zero attached hydrogens (tertiary/aromatic N) is 8. The fraction of sp³-hybridized carbons (Fsp3) is 0.500. The number of hydrogen-bond acceptors (Lipinski definition) is 17. The van der Waals surface area contributed by atoms with Gasteiger partial charge < -0.3 is 30.9 Å². The first-order valence-electron chi connectivity index (χ1n) is 12.7. The Bertz CT molecular complexity index is 1830. The van der Waals surface area contributed by atoms with E-state index in [0.29, 0.717) is 0 Å². The molecule has 0 radical (unpaired) electrons. The molecule has 236 valence electrons. The number of fused-ring (bicyclic) bond motifs is 5. The van der Waals surface area contributed by atoms with Crippen molar-refractivity contribution in [2.45, 2.75) is 49.1 Å². The van der Waals surface area contributed by atoms with E-state index < -0.39 is 77.0 Å². The SMILES string of the molecule is Nc1ncnc2c1ncn2[C@@H]1O[C@@H]2COP(=O)(S)OC3C(O)[C@@H](COP(=O)(O)OC2C1F)O[C@H]3n1cnc2c(N)ncnc21. The number of hydrogen-bond donors (Lipinski definition) is 5. The fourth-order valence-corrected chi connectivity index (χ4v) is 7.60. The number of nitrogens with two attached hydrogens (primary N) is 2. The Balaban J connectivity index is 1.20. The molecule has 3 aliphatic heterocycles. The number of phosphoric ester groups is 1. The van der Waals surface area contributed by atoms with Crippen molar-refractivity contribution in [2.24, 2.45) is 0 Å². The predicted octanol–water partition coefficient (Wildman–Crippen LogP) is 0.280. The van der Waals surface area contributed by atoms with Crippen LogP contribution in [0.3, 0.4) is 0 Å². The summed E-state index contributed by atoms with van der Waals surface area (Å²) in [6.07, 6.45) is -7.80. The Morgan fingerprint density at radius 2 is 1.41 bits per heavy atom. The maximum absolute atomic E-state index is 15.9. The molecule has 0 spiro atoms. The first kappa shape index (κ1) is 29.8. The summed E-state index contributed by atoms with van der Waals surface area (Å²) in [6, 6.07) is 0. The van der Waals surface area contributed by atoms with E-state index in [1.54, 1.807) is 0 Å². The number of ether oxygens (including phenoxy) is 2. The third-order valence-electron chi connectivity index (χ3n) is 7.22. The number of aliphatic hydroxyl groups is 1. The molecule has 7 heterocycles. The number of anilines is 2. The number of aliphatic hydroxyl groups excluding tert-OH is 1. The van der Waals surface area contributed by atoms with Crippen molar-refractivity contribution in [1.29, 1.82) is 0 Å². The molecule has 6 unspecified atom stereocenters. The van der Waals surface area contributed by atoms with E-state index in [4.69, 9.17) is 39.0 Å². The van der Waals surface area contributed by atoms with Crippen LogP contribution in [-0.4, -0.2) is 98.9 Å². The van der Waals surface area contributed by atoms with Gasteiger partial charge in [0.25, 0.3) is 0 Å². The maximum atomic E-state index is 15.9. The summed E-state index contributed by atoms with van der Waals surface area (Å²) in [5, 5.41) is 11.1. The van der Waals surface area contributed by atoms with E-state index in [0.717, 1.165) is 6.33 Å². The lowest BCUT2D eigenvalue weighted by atomic mass is 10.1. The molecular formula is C20H23FN10O10P2S. The molecular weight excluding hydrogens is 653 g/mol. The minimum absolute atomic E-state index is 0.0302. The van der Waals surface area contributed by atoms with E-state index in [1.807, 2.05) is 0 Å². The van der Waals surface area contributed by atoms with Gasteiger partial charge in [-0.05, 0) is 0 Å². The quantitative estimate of drug-likeness (QED) is 0.141. The van der Waals surface area contributed by atoms with Crippen molar-refractivity contribution in [2.75, 3.05) is 24.7 Å². The lowest BCUT2D eigenvalue weighted by molar-refractivity contribution is -0.0619. The van der Waals surface area contributed by atoms with Gasteiger partial charge >= 0.3 is 14.6 Å². The van der Waals surface area contributed by atoms with Crippen LogP contribution >= 0.6 is 26.9 Å². The molecule has 0 amide bonds. The maximum Gasteiger partial charge on any atom is 0.472 e. The normalized spacial score (nSPS) is 38.3. The van der Waals surface area contributed by atoms with Gasteiger partial charge in [0.05, 0.1) is 25.9 Å². The van der Waals surface area contributed by atoms with Crippen LogP contribution in [0.5, 0.6) is 0 Å². The largest absolute Gasteiger partial charge is 0.472 e. The number of halogens is 1. The average molecular weight is 676 g/mol. The molecule has 4 aromatic heterocycles. The van der Waals surface area contributed by atoms with Crippen LogP contribution in [0.2, 0.25) is 0 Å². The van der Waals surface area contributed by atoms with Crippen LogP contribution in [-0.2, 0) is 36.7 Å². The van der Waals surface area contributed by atoms with Gasteiger partial charge in [0.1, 0.15) is 54.2 Å². The molecule has 10 atom stereocenters. The van der Waals surface area contributed by atoms with Crippen molar-refractivity contribution in [3.05, 3.63) is 25.3 Å². The van der Waals surface area contributed by atoms with Crippen LogP contribution < -0.4 is 11.5 Å². The summed E-state index contributed by atoms with van der Waals surface area (Å²) >= 11 is 4.04. The summed E-state index contributed by atoms with van der Waals surface area (Å²) in [5.41, 5.74) is 12.4.